The minimum atomic E-state index is -2.47. The van der Waals surface area contributed by atoms with Crippen LogP contribution >= 0.6 is 34.3 Å². The fraction of sp³-hybridized carbons (Fsp3) is 0.300. The van der Waals surface area contributed by atoms with Crippen LogP contribution in [0.15, 0.2) is 40.7 Å². The molecule has 2 N–H and O–H groups in total. The molecule has 0 saturated heterocycles. The molecular weight excluding hydrogens is 416 g/mol. The zero-order valence-electron chi connectivity index (χ0n) is 15.4. The summed E-state index contributed by atoms with van der Waals surface area (Å²) in [6.07, 6.45) is 0. The highest BCUT2D eigenvalue weighted by Crippen LogP contribution is 2.47. The molecule has 2 aromatic heterocycles. The lowest BCUT2D eigenvalue weighted by atomic mass is 10.0. The minimum Gasteiger partial charge on any atom is -0.386 e. The van der Waals surface area contributed by atoms with Crippen molar-refractivity contribution in [3.05, 3.63) is 45.6 Å². The first-order chi connectivity index (χ1) is 12.6. The van der Waals surface area contributed by atoms with Crippen LogP contribution in [-0.2, 0) is 15.1 Å². The van der Waals surface area contributed by atoms with Gasteiger partial charge in [0.2, 0.25) is 0 Å². The number of rotatable bonds is 2. The number of aliphatic imine (C=N–C) groups is 1. The van der Waals surface area contributed by atoms with E-state index in [1.807, 2.05) is 39.0 Å². The van der Waals surface area contributed by atoms with Gasteiger partial charge in [0.05, 0.1) is 14.6 Å². The van der Waals surface area contributed by atoms with Crippen molar-refractivity contribution in [1.82, 2.24) is 0 Å². The molecule has 7 heteroatoms. The molecule has 0 fully saturated rings. The third kappa shape index (κ3) is 2.85. The molecule has 0 spiro atoms. The maximum Gasteiger partial charge on any atom is 0.113 e. The first-order valence-electron chi connectivity index (χ1n) is 8.52. The molecule has 3 heterocycles. The number of fused-ring (bicyclic) bond motifs is 1. The standard InChI is InChI=1S/C20H21ClN2OS3/c1-19(2)18(22)23-20(3,11-27(19,4)24)17-14(21)9-16(26-17)13-10-25-15-8-6-5-7-12(13)15/h5-10H,4,11H2,1-3H3,(H2,22,23)/t20-,27?/m0/s1. The van der Waals surface area contributed by atoms with E-state index in [0.717, 1.165) is 9.75 Å². The largest absolute Gasteiger partial charge is 0.386 e. The van der Waals surface area contributed by atoms with E-state index in [0.29, 0.717) is 16.6 Å². The molecule has 1 unspecified atom stereocenters. The van der Waals surface area contributed by atoms with E-state index in [1.54, 1.807) is 22.7 Å². The van der Waals surface area contributed by atoms with Crippen LogP contribution in [0.1, 0.15) is 25.6 Å². The molecule has 0 saturated carbocycles. The number of hydrogen-bond donors (Lipinski definition) is 1. The minimum absolute atomic E-state index is 0.331. The SMILES string of the molecule is C=S1(=O)C[C@@](C)(c2sc(-c3csc4ccccc34)cc2Cl)N=C(N)C1(C)C. The van der Waals surface area contributed by atoms with E-state index in [2.05, 4.69) is 23.4 Å². The summed E-state index contributed by atoms with van der Waals surface area (Å²) in [5.74, 6) is 4.72. The van der Waals surface area contributed by atoms with Gasteiger partial charge in [-0.3, -0.25) is 9.20 Å². The van der Waals surface area contributed by atoms with Gasteiger partial charge in [-0.2, -0.15) is 0 Å². The van der Waals surface area contributed by atoms with E-state index in [1.165, 1.54) is 15.6 Å². The van der Waals surface area contributed by atoms with Crippen molar-refractivity contribution in [1.29, 1.82) is 0 Å². The summed E-state index contributed by atoms with van der Waals surface area (Å²) in [5.41, 5.74) is 6.66. The van der Waals surface area contributed by atoms with Gasteiger partial charge in [-0.1, -0.05) is 29.8 Å². The number of benzene rings is 1. The summed E-state index contributed by atoms with van der Waals surface area (Å²) < 4.78 is 13.8. The quantitative estimate of drug-likeness (QED) is 0.549. The molecule has 142 valence electrons. The Bertz CT molecular complexity index is 1190. The molecular formula is C20H21ClN2OS3. The van der Waals surface area contributed by atoms with Gasteiger partial charge in [-0.15, -0.1) is 22.7 Å². The number of nitrogens with two attached hydrogens (primary N) is 1. The normalized spacial score (nSPS) is 27.6. The second-order valence-corrected chi connectivity index (χ2v) is 13.0. The van der Waals surface area contributed by atoms with Crippen LogP contribution in [-0.4, -0.2) is 26.4 Å². The van der Waals surface area contributed by atoms with Gasteiger partial charge in [-0.25, -0.2) is 0 Å². The molecule has 0 amide bonds. The fourth-order valence-electron chi connectivity index (χ4n) is 3.41. The lowest BCUT2D eigenvalue weighted by Crippen LogP contribution is -2.54. The van der Waals surface area contributed by atoms with Crippen molar-refractivity contribution in [2.24, 2.45) is 10.7 Å². The fourth-order valence-corrected chi connectivity index (χ4v) is 8.11. The summed E-state index contributed by atoms with van der Waals surface area (Å²) >= 11 is 9.96. The molecule has 3 nitrogen and oxygen atoms in total. The van der Waals surface area contributed by atoms with Gasteiger partial charge < -0.3 is 5.73 Å². The second-order valence-electron chi connectivity index (χ2n) is 7.67. The Kier molecular flexibility index (Phi) is 4.28. The molecule has 27 heavy (non-hydrogen) atoms. The van der Waals surface area contributed by atoms with E-state index < -0.39 is 19.8 Å². The molecule has 0 bridgehead atoms. The zero-order valence-corrected chi connectivity index (χ0v) is 18.6. The Morgan fingerprint density at radius 3 is 2.70 bits per heavy atom. The molecule has 1 aliphatic heterocycles. The maximum atomic E-state index is 13.3. The molecule has 2 atom stereocenters. The monoisotopic (exact) mass is 436 g/mol. The summed E-state index contributed by atoms with van der Waals surface area (Å²) in [6, 6.07) is 10.3. The topological polar surface area (TPSA) is 55.5 Å². The molecule has 0 radical (unpaired) electrons. The van der Waals surface area contributed by atoms with Crippen molar-refractivity contribution in [2.45, 2.75) is 31.1 Å². The van der Waals surface area contributed by atoms with Crippen LogP contribution in [0.4, 0.5) is 0 Å². The molecule has 1 aromatic carbocycles. The Morgan fingerprint density at radius 1 is 1.30 bits per heavy atom. The third-order valence-corrected chi connectivity index (χ3v) is 11.2. The summed E-state index contributed by atoms with van der Waals surface area (Å²) in [4.78, 5) is 6.73. The van der Waals surface area contributed by atoms with E-state index >= 15 is 0 Å². The highest BCUT2D eigenvalue weighted by Gasteiger charge is 2.46. The van der Waals surface area contributed by atoms with Gasteiger partial charge >= 0.3 is 0 Å². The zero-order chi connectivity index (χ0) is 19.6. The van der Waals surface area contributed by atoms with E-state index in [9.17, 15) is 4.21 Å². The number of hydrogen-bond acceptors (Lipinski definition) is 5. The lowest BCUT2D eigenvalue weighted by Gasteiger charge is -2.40. The van der Waals surface area contributed by atoms with Crippen molar-refractivity contribution in [3.8, 4) is 10.4 Å². The van der Waals surface area contributed by atoms with Gasteiger partial charge in [0, 0.05) is 31.7 Å². The van der Waals surface area contributed by atoms with Gasteiger partial charge in [0.1, 0.15) is 11.4 Å². The Labute approximate surface area is 172 Å². The van der Waals surface area contributed by atoms with Gasteiger partial charge in [-0.05, 0) is 48.3 Å². The first kappa shape index (κ1) is 19.0. The first-order valence-corrected chi connectivity index (χ1v) is 12.5. The van der Waals surface area contributed by atoms with Crippen molar-refractivity contribution < 1.29 is 4.21 Å². The van der Waals surface area contributed by atoms with Crippen molar-refractivity contribution >= 4 is 65.6 Å². The number of thiophene rings is 2. The number of amidine groups is 1. The molecule has 1 aliphatic rings. The highest BCUT2D eigenvalue weighted by atomic mass is 35.5. The summed E-state index contributed by atoms with van der Waals surface area (Å²) in [5, 5.41) is 4.01. The smallest absolute Gasteiger partial charge is 0.113 e. The number of nitrogens with zero attached hydrogens (tertiary/aromatic N) is 1. The average Bonchev–Trinajstić information content (AvgIpc) is 3.16. The van der Waals surface area contributed by atoms with E-state index in [4.69, 9.17) is 22.3 Å². The van der Waals surface area contributed by atoms with E-state index in [-0.39, 0.29) is 0 Å². The predicted octanol–water partition coefficient (Wildman–Crippen LogP) is 5.36. The summed E-state index contributed by atoms with van der Waals surface area (Å²) in [6.45, 7) is 5.65. The highest BCUT2D eigenvalue weighted by molar-refractivity contribution is 8.02. The third-order valence-electron chi connectivity index (χ3n) is 5.35. The molecule has 4 rings (SSSR count). The van der Waals surface area contributed by atoms with Gasteiger partial charge in [0.25, 0.3) is 0 Å². The Balaban J connectivity index is 1.86. The Morgan fingerprint density at radius 2 is 2.00 bits per heavy atom. The van der Waals surface area contributed by atoms with Crippen LogP contribution in [0.5, 0.6) is 0 Å². The van der Waals surface area contributed by atoms with Crippen LogP contribution in [0.25, 0.3) is 20.5 Å². The molecule has 0 aliphatic carbocycles. The summed E-state index contributed by atoms with van der Waals surface area (Å²) in [7, 11) is -2.47. The van der Waals surface area contributed by atoms with Crippen molar-refractivity contribution in [2.75, 3.05) is 5.75 Å². The molecule has 3 aromatic rings. The average molecular weight is 437 g/mol. The van der Waals surface area contributed by atoms with Crippen LogP contribution < -0.4 is 5.73 Å². The maximum absolute atomic E-state index is 13.3. The Hall–Kier alpha value is -1.34. The predicted molar refractivity (Wildman–Crippen MR) is 123 cm³/mol. The van der Waals surface area contributed by atoms with Crippen LogP contribution in [0.3, 0.4) is 0 Å². The van der Waals surface area contributed by atoms with Crippen LogP contribution in [0, 0.1) is 0 Å². The lowest BCUT2D eigenvalue weighted by molar-refractivity contribution is 0.543. The number of halogens is 1. The second kappa shape index (κ2) is 6.08. The van der Waals surface area contributed by atoms with Gasteiger partial charge in [0.15, 0.2) is 0 Å². The van der Waals surface area contributed by atoms with Crippen LogP contribution in [0.2, 0.25) is 5.02 Å². The van der Waals surface area contributed by atoms with Crippen molar-refractivity contribution in [3.63, 3.8) is 0 Å².